The number of para-hydroxylation sites is 1. The summed E-state index contributed by atoms with van der Waals surface area (Å²) in [5, 5.41) is 0. The number of anilines is 1. The third-order valence-corrected chi connectivity index (χ3v) is 4.45. The highest BCUT2D eigenvalue weighted by Crippen LogP contribution is 2.30. The molecule has 0 saturated carbocycles. The quantitative estimate of drug-likeness (QED) is 0.901. The highest BCUT2D eigenvalue weighted by atomic mass is 16.2. The van der Waals surface area contributed by atoms with Crippen LogP contribution in [0.2, 0.25) is 0 Å². The molecule has 0 saturated heterocycles. The maximum atomic E-state index is 13.2. The van der Waals surface area contributed by atoms with Gasteiger partial charge < -0.3 is 10.6 Å². The molecule has 1 aliphatic heterocycles. The Hall–Kier alpha value is -2.95. The Bertz CT molecular complexity index is 843. The van der Waals surface area contributed by atoms with E-state index >= 15 is 0 Å². The van der Waals surface area contributed by atoms with Crippen LogP contribution < -0.4 is 10.6 Å². The van der Waals surface area contributed by atoms with E-state index in [-0.39, 0.29) is 18.4 Å². The van der Waals surface area contributed by atoms with Crippen molar-refractivity contribution in [3.8, 4) is 0 Å². The number of carbonyl (C=O) groups excluding carboxylic acids is 2. The monoisotopic (exact) mass is 349 g/mol. The van der Waals surface area contributed by atoms with Crippen LogP contribution in [0.4, 0.5) is 5.69 Å². The number of nitrogens with two attached hydrogens (primary N) is 1. The molecular weight excluding hydrogens is 326 g/mol. The lowest BCUT2D eigenvalue weighted by molar-refractivity contribution is -0.120. The summed E-state index contributed by atoms with van der Waals surface area (Å²) in [5.41, 5.74) is 8.79. The van der Waals surface area contributed by atoms with Crippen LogP contribution in [0.1, 0.15) is 37.8 Å². The Morgan fingerprint density at radius 3 is 2.42 bits per heavy atom. The van der Waals surface area contributed by atoms with Gasteiger partial charge in [0.25, 0.3) is 5.91 Å². The van der Waals surface area contributed by atoms with Crippen LogP contribution in [0.3, 0.4) is 0 Å². The van der Waals surface area contributed by atoms with Gasteiger partial charge in [-0.25, -0.2) is 0 Å². The predicted octanol–water partition coefficient (Wildman–Crippen LogP) is 2.91. The predicted molar refractivity (Wildman–Crippen MR) is 103 cm³/mol. The van der Waals surface area contributed by atoms with Gasteiger partial charge >= 0.3 is 0 Å². The first-order valence-corrected chi connectivity index (χ1v) is 8.83. The van der Waals surface area contributed by atoms with E-state index in [0.29, 0.717) is 6.42 Å². The summed E-state index contributed by atoms with van der Waals surface area (Å²) in [6, 6.07) is 17.0. The van der Waals surface area contributed by atoms with E-state index in [1.54, 1.807) is 4.90 Å². The maximum Gasteiger partial charge on any atom is 0.252 e. The minimum absolute atomic E-state index is 0.0231. The summed E-state index contributed by atoms with van der Waals surface area (Å²) in [5.74, 6) is -0.522. The van der Waals surface area contributed by atoms with Crippen molar-refractivity contribution in [2.45, 2.75) is 38.8 Å². The molecule has 5 nitrogen and oxygen atoms in total. The lowest BCUT2D eigenvalue weighted by Gasteiger charge is -2.28. The van der Waals surface area contributed by atoms with Crippen LogP contribution in [0.25, 0.3) is 0 Å². The third-order valence-electron chi connectivity index (χ3n) is 4.45. The van der Waals surface area contributed by atoms with Crippen molar-refractivity contribution in [1.29, 1.82) is 0 Å². The highest BCUT2D eigenvalue weighted by Gasteiger charge is 2.33. The number of benzene rings is 2. The normalized spacial score (nSPS) is 16.9. The van der Waals surface area contributed by atoms with Gasteiger partial charge in [0.15, 0.2) is 0 Å². The molecule has 1 atom stereocenters. The minimum Gasteiger partial charge on any atom is -0.370 e. The van der Waals surface area contributed by atoms with E-state index in [4.69, 9.17) is 10.7 Å². The van der Waals surface area contributed by atoms with Gasteiger partial charge in [-0.15, -0.1) is 0 Å². The molecule has 26 heavy (non-hydrogen) atoms. The van der Waals surface area contributed by atoms with Gasteiger partial charge in [0.2, 0.25) is 5.91 Å². The molecule has 2 amide bonds. The second kappa shape index (κ2) is 7.52. The van der Waals surface area contributed by atoms with E-state index in [9.17, 15) is 9.59 Å². The molecule has 0 fully saturated rings. The number of primary amides is 1. The van der Waals surface area contributed by atoms with Gasteiger partial charge in [0.1, 0.15) is 6.04 Å². The first kappa shape index (κ1) is 17.9. The van der Waals surface area contributed by atoms with Crippen LogP contribution in [0, 0.1) is 0 Å². The number of nitrogens with zero attached hydrogens (tertiary/aromatic N) is 2. The van der Waals surface area contributed by atoms with Gasteiger partial charge in [-0.1, -0.05) is 48.5 Å². The summed E-state index contributed by atoms with van der Waals surface area (Å²) in [7, 11) is 0. The fraction of sp³-hybridized carbons (Fsp3) is 0.286. The minimum atomic E-state index is -0.632. The number of fused-ring (bicyclic) bond motifs is 1. The largest absolute Gasteiger partial charge is 0.370 e. The zero-order valence-corrected chi connectivity index (χ0v) is 15.1. The van der Waals surface area contributed by atoms with Gasteiger partial charge in [-0.05, 0) is 26.3 Å². The van der Waals surface area contributed by atoms with Crippen molar-refractivity contribution in [3.05, 3.63) is 65.7 Å². The van der Waals surface area contributed by atoms with Crippen molar-refractivity contribution >= 4 is 23.2 Å². The van der Waals surface area contributed by atoms with E-state index in [2.05, 4.69) is 0 Å². The lowest BCUT2D eigenvalue weighted by atomic mass is 10.00. The molecular formula is C21H23N3O2. The Kier molecular flexibility index (Phi) is 5.16. The first-order valence-electron chi connectivity index (χ1n) is 8.83. The van der Waals surface area contributed by atoms with E-state index < -0.39 is 11.9 Å². The molecule has 2 aromatic carbocycles. The Balaban J connectivity index is 2.17. The zero-order valence-electron chi connectivity index (χ0n) is 15.1. The van der Waals surface area contributed by atoms with Gasteiger partial charge in [-0.3, -0.25) is 14.6 Å². The van der Waals surface area contributed by atoms with Gasteiger partial charge in [0.05, 0.1) is 11.4 Å². The second-order valence-electron chi connectivity index (χ2n) is 6.68. The number of amides is 2. The topological polar surface area (TPSA) is 75.8 Å². The van der Waals surface area contributed by atoms with E-state index in [0.717, 1.165) is 22.5 Å². The Morgan fingerprint density at radius 1 is 1.12 bits per heavy atom. The molecule has 134 valence electrons. The van der Waals surface area contributed by atoms with Gasteiger partial charge in [0, 0.05) is 23.6 Å². The molecule has 0 radical (unpaired) electrons. The third kappa shape index (κ3) is 3.52. The van der Waals surface area contributed by atoms with Crippen LogP contribution in [-0.4, -0.2) is 29.6 Å². The molecule has 0 unspecified atom stereocenters. The fourth-order valence-electron chi connectivity index (χ4n) is 3.27. The molecule has 3 rings (SSSR count). The molecule has 0 spiro atoms. The first-order chi connectivity index (χ1) is 12.5. The summed E-state index contributed by atoms with van der Waals surface area (Å²) in [4.78, 5) is 31.0. The van der Waals surface area contributed by atoms with Crippen molar-refractivity contribution in [2.24, 2.45) is 10.7 Å². The number of hydrogen-bond acceptors (Lipinski definition) is 3. The molecule has 2 aromatic rings. The molecule has 0 aromatic heterocycles. The molecule has 1 aliphatic rings. The summed E-state index contributed by atoms with van der Waals surface area (Å²) >= 11 is 0. The average molecular weight is 349 g/mol. The van der Waals surface area contributed by atoms with Gasteiger partial charge in [-0.2, -0.15) is 0 Å². The Morgan fingerprint density at radius 2 is 1.77 bits per heavy atom. The SMILES string of the molecule is CC(C)N1C(=O)[C@@H](CCC(N)=O)N=C(c2ccccc2)c2ccccc21. The standard InChI is InChI=1S/C21H23N3O2/c1-14(2)24-18-11-7-6-10-16(18)20(15-8-4-3-5-9-15)23-17(21(24)26)12-13-19(22)25/h3-11,14,17H,12-13H2,1-2H3,(H2,22,25)/t17-/m1/s1. The molecule has 0 aliphatic carbocycles. The van der Waals surface area contributed by atoms with Crippen LogP contribution in [0.15, 0.2) is 59.6 Å². The summed E-state index contributed by atoms with van der Waals surface area (Å²) in [6.07, 6.45) is 0.436. The Labute approximate surface area is 153 Å². The number of carbonyl (C=O) groups is 2. The summed E-state index contributed by atoms with van der Waals surface area (Å²) in [6.45, 7) is 3.96. The molecule has 0 bridgehead atoms. The zero-order chi connectivity index (χ0) is 18.7. The highest BCUT2D eigenvalue weighted by molar-refractivity contribution is 6.20. The average Bonchev–Trinajstić information content (AvgIpc) is 2.75. The smallest absolute Gasteiger partial charge is 0.252 e. The lowest BCUT2D eigenvalue weighted by Crippen LogP contribution is -2.42. The van der Waals surface area contributed by atoms with E-state index in [1.807, 2.05) is 68.4 Å². The molecule has 2 N–H and O–H groups in total. The van der Waals surface area contributed by atoms with Crippen molar-refractivity contribution < 1.29 is 9.59 Å². The summed E-state index contributed by atoms with van der Waals surface area (Å²) < 4.78 is 0. The van der Waals surface area contributed by atoms with Crippen LogP contribution >= 0.6 is 0 Å². The maximum absolute atomic E-state index is 13.2. The molecule has 1 heterocycles. The molecule has 5 heteroatoms. The van der Waals surface area contributed by atoms with E-state index in [1.165, 1.54) is 0 Å². The van der Waals surface area contributed by atoms with Crippen molar-refractivity contribution in [2.75, 3.05) is 4.90 Å². The second-order valence-corrected chi connectivity index (χ2v) is 6.68. The number of rotatable bonds is 5. The van der Waals surface area contributed by atoms with Crippen LogP contribution in [0.5, 0.6) is 0 Å². The number of aliphatic imine (C=N–C) groups is 1. The number of benzodiazepines with no additional fused rings is 1. The number of hydrogen-bond donors (Lipinski definition) is 1. The fourth-order valence-corrected chi connectivity index (χ4v) is 3.27. The van der Waals surface area contributed by atoms with Crippen molar-refractivity contribution in [1.82, 2.24) is 0 Å². The van der Waals surface area contributed by atoms with Crippen molar-refractivity contribution in [3.63, 3.8) is 0 Å². The van der Waals surface area contributed by atoms with Crippen LogP contribution in [-0.2, 0) is 9.59 Å².